The highest BCUT2D eigenvalue weighted by Gasteiger charge is 2.21. The fourth-order valence-electron chi connectivity index (χ4n) is 1.39. The Balaban J connectivity index is 0.000000461. The highest BCUT2D eigenvalue weighted by atomic mass is 19.3. The van der Waals surface area contributed by atoms with Crippen LogP contribution >= 0.6 is 0 Å². The number of rotatable bonds is 1. The molecule has 0 aromatic rings. The third kappa shape index (κ3) is 4.33. The summed E-state index contributed by atoms with van der Waals surface area (Å²) in [5, 5.41) is 0. The van der Waals surface area contributed by atoms with Crippen molar-refractivity contribution in [1.29, 1.82) is 0 Å². The molecule has 0 aromatic carbocycles. The molecule has 1 fully saturated rings. The van der Waals surface area contributed by atoms with Crippen molar-refractivity contribution < 1.29 is 8.78 Å². The Morgan fingerprint density at radius 1 is 1.00 bits per heavy atom. The van der Waals surface area contributed by atoms with Gasteiger partial charge in [-0.2, -0.15) is 0 Å². The molecule has 0 bridgehead atoms. The average Bonchev–Trinajstić information content (AvgIpc) is 2.10. The van der Waals surface area contributed by atoms with E-state index in [0.29, 0.717) is 0 Å². The van der Waals surface area contributed by atoms with Crippen LogP contribution in [0.15, 0.2) is 0 Å². The molecule has 1 rings (SSSR count). The molecule has 0 atom stereocenters. The molecule has 0 saturated heterocycles. The highest BCUT2D eigenvalue weighted by Crippen LogP contribution is 2.28. The van der Waals surface area contributed by atoms with Gasteiger partial charge < -0.3 is 0 Å². The van der Waals surface area contributed by atoms with Gasteiger partial charge in [-0.1, -0.05) is 33.1 Å². The van der Waals surface area contributed by atoms with Crippen molar-refractivity contribution in [3.05, 3.63) is 0 Å². The summed E-state index contributed by atoms with van der Waals surface area (Å²) in [6.07, 6.45) is 2.60. The van der Waals surface area contributed by atoms with Gasteiger partial charge in [-0.15, -0.1) is 0 Å². The van der Waals surface area contributed by atoms with Crippen LogP contribution in [-0.4, -0.2) is 6.43 Å². The summed E-state index contributed by atoms with van der Waals surface area (Å²) in [6.45, 7) is 4.00. The van der Waals surface area contributed by atoms with Gasteiger partial charge in [0.25, 0.3) is 0 Å². The maximum atomic E-state index is 11.9. The number of hydrogen-bond donors (Lipinski definition) is 0. The Bertz CT molecular complexity index is 75.6. The van der Waals surface area contributed by atoms with Crippen LogP contribution in [0.2, 0.25) is 0 Å². The van der Waals surface area contributed by atoms with E-state index in [0.717, 1.165) is 32.1 Å². The van der Waals surface area contributed by atoms with Gasteiger partial charge in [-0.25, -0.2) is 8.78 Å². The maximum absolute atomic E-state index is 11.9. The zero-order chi connectivity index (χ0) is 8.69. The lowest BCUT2D eigenvalue weighted by Crippen LogP contribution is -2.14. The molecular formula is C9H18F2. The van der Waals surface area contributed by atoms with Crippen LogP contribution in [0.3, 0.4) is 0 Å². The molecule has 0 unspecified atom stereocenters. The molecule has 0 N–H and O–H groups in total. The molecule has 11 heavy (non-hydrogen) atoms. The number of halogens is 2. The minimum Gasteiger partial charge on any atom is -0.210 e. The molecule has 2 heteroatoms. The Morgan fingerprint density at radius 2 is 1.45 bits per heavy atom. The largest absolute Gasteiger partial charge is 0.241 e. The van der Waals surface area contributed by atoms with Crippen molar-refractivity contribution in [2.45, 2.75) is 52.4 Å². The predicted molar refractivity (Wildman–Crippen MR) is 43.9 cm³/mol. The lowest BCUT2D eigenvalue weighted by molar-refractivity contribution is 0.0563. The summed E-state index contributed by atoms with van der Waals surface area (Å²) in [6, 6.07) is 0. The van der Waals surface area contributed by atoms with E-state index in [1.165, 1.54) is 0 Å². The minimum atomic E-state index is -2.06. The average molecular weight is 164 g/mol. The van der Waals surface area contributed by atoms with Crippen LogP contribution in [0, 0.1) is 5.92 Å². The first-order valence-corrected chi connectivity index (χ1v) is 4.59. The van der Waals surface area contributed by atoms with Gasteiger partial charge in [0.15, 0.2) is 0 Å². The second-order valence-electron chi connectivity index (χ2n) is 2.73. The number of hydrogen-bond acceptors (Lipinski definition) is 0. The summed E-state index contributed by atoms with van der Waals surface area (Å²) in [7, 11) is 0. The predicted octanol–water partition coefficient (Wildman–Crippen LogP) is 3.86. The van der Waals surface area contributed by atoms with Crippen molar-refractivity contribution in [3.8, 4) is 0 Å². The van der Waals surface area contributed by atoms with E-state index in [4.69, 9.17) is 0 Å². The first-order chi connectivity index (χ1) is 5.30. The zero-order valence-corrected chi connectivity index (χ0v) is 7.45. The van der Waals surface area contributed by atoms with Gasteiger partial charge >= 0.3 is 0 Å². The van der Waals surface area contributed by atoms with E-state index < -0.39 is 6.43 Å². The van der Waals surface area contributed by atoms with Crippen LogP contribution in [0.5, 0.6) is 0 Å². The van der Waals surface area contributed by atoms with E-state index >= 15 is 0 Å². The Morgan fingerprint density at radius 3 is 1.73 bits per heavy atom. The van der Waals surface area contributed by atoms with Crippen molar-refractivity contribution in [1.82, 2.24) is 0 Å². The topological polar surface area (TPSA) is 0 Å². The molecule has 1 aliphatic rings. The molecule has 0 heterocycles. The summed E-state index contributed by atoms with van der Waals surface area (Å²) >= 11 is 0. The fraction of sp³-hybridized carbons (Fsp3) is 1.00. The third-order valence-corrected chi connectivity index (χ3v) is 2.01. The highest BCUT2D eigenvalue weighted by molar-refractivity contribution is 4.66. The molecule has 1 aliphatic carbocycles. The van der Waals surface area contributed by atoms with Crippen molar-refractivity contribution in [2.75, 3.05) is 0 Å². The second-order valence-corrected chi connectivity index (χ2v) is 2.73. The van der Waals surface area contributed by atoms with Gasteiger partial charge in [0.1, 0.15) is 0 Å². The van der Waals surface area contributed by atoms with Gasteiger partial charge in [0, 0.05) is 5.92 Å². The van der Waals surface area contributed by atoms with Crippen LogP contribution in [0.25, 0.3) is 0 Å². The Labute approximate surface area is 68.0 Å². The molecule has 0 radical (unpaired) electrons. The Hall–Kier alpha value is -0.140. The van der Waals surface area contributed by atoms with E-state index in [-0.39, 0.29) is 5.92 Å². The molecular weight excluding hydrogens is 146 g/mol. The summed E-state index contributed by atoms with van der Waals surface area (Å²) in [5.74, 6) is -0.279. The fourth-order valence-corrected chi connectivity index (χ4v) is 1.39. The van der Waals surface area contributed by atoms with E-state index in [2.05, 4.69) is 0 Å². The van der Waals surface area contributed by atoms with Gasteiger partial charge in [-0.3, -0.25) is 0 Å². The van der Waals surface area contributed by atoms with Gasteiger partial charge in [-0.05, 0) is 12.8 Å². The summed E-state index contributed by atoms with van der Waals surface area (Å²) in [5.41, 5.74) is 0. The van der Waals surface area contributed by atoms with E-state index in [9.17, 15) is 8.78 Å². The second kappa shape index (κ2) is 6.56. The van der Waals surface area contributed by atoms with Crippen LogP contribution < -0.4 is 0 Å². The Kier molecular flexibility index (Phi) is 6.48. The summed E-state index contributed by atoms with van der Waals surface area (Å²) in [4.78, 5) is 0. The van der Waals surface area contributed by atoms with E-state index in [1.54, 1.807) is 0 Å². The summed E-state index contributed by atoms with van der Waals surface area (Å²) < 4.78 is 23.8. The number of alkyl halides is 2. The monoisotopic (exact) mass is 164 g/mol. The molecule has 0 aromatic heterocycles. The lowest BCUT2D eigenvalue weighted by atomic mass is 9.90. The maximum Gasteiger partial charge on any atom is 0.241 e. The quantitative estimate of drug-likeness (QED) is 0.552. The van der Waals surface area contributed by atoms with Crippen molar-refractivity contribution in [3.63, 3.8) is 0 Å². The third-order valence-electron chi connectivity index (χ3n) is 2.01. The van der Waals surface area contributed by atoms with Gasteiger partial charge in [0.05, 0.1) is 0 Å². The molecule has 1 saturated carbocycles. The molecule has 0 amide bonds. The smallest absolute Gasteiger partial charge is 0.210 e. The van der Waals surface area contributed by atoms with Crippen LogP contribution in [0.4, 0.5) is 8.78 Å². The molecule has 0 spiro atoms. The SMILES string of the molecule is CC.FC(F)C1CCCCC1. The van der Waals surface area contributed by atoms with Crippen LogP contribution in [-0.2, 0) is 0 Å². The van der Waals surface area contributed by atoms with Crippen molar-refractivity contribution >= 4 is 0 Å². The molecule has 68 valence electrons. The lowest BCUT2D eigenvalue weighted by Gasteiger charge is -2.19. The van der Waals surface area contributed by atoms with E-state index in [1.807, 2.05) is 13.8 Å². The zero-order valence-electron chi connectivity index (χ0n) is 7.45. The minimum absolute atomic E-state index is 0.279. The molecule has 0 aliphatic heterocycles. The molecule has 0 nitrogen and oxygen atoms in total. The standard InChI is InChI=1S/C7H12F2.C2H6/c8-7(9)6-4-2-1-3-5-6;1-2/h6-7H,1-5H2;1-2H3. The first-order valence-electron chi connectivity index (χ1n) is 4.59. The van der Waals surface area contributed by atoms with Crippen LogP contribution in [0.1, 0.15) is 46.0 Å². The normalized spacial score (nSPS) is 19.4. The van der Waals surface area contributed by atoms with Crippen molar-refractivity contribution in [2.24, 2.45) is 5.92 Å². The first kappa shape index (κ1) is 10.9. The van der Waals surface area contributed by atoms with Gasteiger partial charge in [0.2, 0.25) is 6.43 Å².